The number of hydrogen-bond acceptors (Lipinski definition) is 3. The second kappa shape index (κ2) is 7.09. The average molecular weight is 289 g/mol. The third kappa shape index (κ3) is 4.76. The molecule has 0 amide bonds. The number of ether oxygens (including phenoxy) is 1. The maximum atomic E-state index is 12.7. The molecule has 0 bridgehead atoms. The lowest BCUT2D eigenvalue weighted by atomic mass is 10.1. The summed E-state index contributed by atoms with van der Waals surface area (Å²) in [5, 5.41) is 13.1. The van der Waals surface area contributed by atoms with E-state index in [2.05, 4.69) is 19.2 Å². The topological polar surface area (TPSA) is 41.5 Å². The lowest BCUT2D eigenvalue weighted by Gasteiger charge is -2.14. The van der Waals surface area contributed by atoms with Crippen molar-refractivity contribution in [2.75, 3.05) is 18.5 Å². The number of aryl methyl sites for hydroxylation is 2. The lowest BCUT2D eigenvalue weighted by Crippen LogP contribution is -2.26. The van der Waals surface area contributed by atoms with Gasteiger partial charge in [0, 0.05) is 12.2 Å². The molecule has 0 aliphatic carbocycles. The minimum Gasteiger partial charge on any atom is -0.491 e. The standard InChI is InChI=1S/C17H20FNO2/c1-12-3-6-15(9-13(12)2)19-10-16(20)11-21-17-7-4-14(18)5-8-17/h3-9,16,19-20H,10-11H2,1-2H3. The van der Waals surface area contributed by atoms with E-state index in [4.69, 9.17) is 4.74 Å². The molecule has 0 radical (unpaired) electrons. The summed E-state index contributed by atoms with van der Waals surface area (Å²) in [5.74, 6) is 0.237. The predicted molar refractivity (Wildman–Crippen MR) is 82.3 cm³/mol. The minimum absolute atomic E-state index is 0.156. The van der Waals surface area contributed by atoms with E-state index in [-0.39, 0.29) is 12.4 Å². The highest BCUT2D eigenvalue weighted by Crippen LogP contribution is 2.14. The van der Waals surface area contributed by atoms with Gasteiger partial charge in [0.1, 0.15) is 24.3 Å². The molecule has 3 nitrogen and oxygen atoms in total. The van der Waals surface area contributed by atoms with Crippen molar-refractivity contribution in [3.05, 3.63) is 59.4 Å². The van der Waals surface area contributed by atoms with Gasteiger partial charge in [-0.1, -0.05) is 6.07 Å². The van der Waals surface area contributed by atoms with Crippen molar-refractivity contribution < 1.29 is 14.2 Å². The summed E-state index contributed by atoms with van der Waals surface area (Å²) in [4.78, 5) is 0. The first-order valence-electron chi connectivity index (χ1n) is 6.92. The van der Waals surface area contributed by atoms with E-state index in [1.54, 1.807) is 12.1 Å². The molecule has 2 N–H and O–H groups in total. The van der Waals surface area contributed by atoms with Crippen LogP contribution in [-0.2, 0) is 0 Å². The van der Waals surface area contributed by atoms with E-state index in [9.17, 15) is 9.50 Å². The Morgan fingerprint density at radius 1 is 1.10 bits per heavy atom. The fraction of sp³-hybridized carbons (Fsp3) is 0.294. The molecule has 2 aromatic carbocycles. The Hall–Kier alpha value is -2.07. The molecule has 2 aromatic rings. The highest BCUT2D eigenvalue weighted by molar-refractivity contribution is 5.48. The van der Waals surface area contributed by atoms with Crippen LogP contribution in [0, 0.1) is 19.7 Å². The summed E-state index contributed by atoms with van der Waals surface area (Å²) in [7, 11) is 0. The van der Waals surface area contributed by atoms with Crippen LogP contribution in [0.25, 0.3) is 0 Å². The molecule has 1 unspecified atom stereocenters. The molecule has 21 heavy (non-hydrogen) atoms. The first kappa shape index (κ1) is 15.3. The number of aliphatic hydroxyl groups is 1. The van der Waals surface area contributed by atoms with Gasteiger partial charge < -0.3 is 15.2 Å². The normalized spacial score (nSPS) is 12.0. The number of hydrogen-bond donors (Lipinski definition) is 2. The number of benzene rings is 2. The van der Waals surface area contributed by atoms with Gasteiger partial charge >= 0.3 is 0 Å². The van der Waals surface area contributed by atoms with Crippen LogP contribution < -0.4 is 10.1 Å². The Kier molecular flexibility index (Phi) is 5.17. The molecule has 0 aliphatic rings. The molecule has 0 aliphatic heterocycles. The van der Waals surface area contributed by atoms with Crippen molar-refractivity contribution in [2.24, 2.45) is 0 Å². The molecule has 1 atom stereocenters. The van der Waals surface area contributed by atoms with Gasteiger partial charge in [-0.15, -0.1) is 0 Å². The smallest absolute Gasteiger partial charge is 0.123 e. The van der Waals surface area contributed by atoms with E-state index >= 15 is 0 Å². The second-order valence-electron chi connectivity index (χ2n) is 5.10. The van der Waals surface area contributed by atoms with Crippen molar-refractivity contribution >= 4 is 5.69 Å². The van der Waals surface area contributed by atoms with Gasteiger partial charge in [0.15, 0.2) is 0 Å². The number of rotatable bonds is 6. The first-order chi connectivity index (χ1) is 10.0. The fourth-order valence-corrected chi connectivity index (χ4v) is 1.87. The van der Waals surface area contributed by atoms with Gasteiger partial charge in [0.05, 0.1) is 0 Å². The largest absolute Gasteiger partial charge is 0.491 e. The Morgan fingerprint density at radius 2 is 1.81 bits per heavy atom. The van der Waals surface area contributed by atoms with Crippen molar-refractivity contribution in [2.45, 2.75) is 20.0 Å². The Morgan fingerprint density at radius 3 is 2.48 bits per heavy atom. The molecular weight excluding hydrogens is 269 g/mol. The number of halogens is 1. The summed E-state index contributed by atoms with van der Waals surface area (Å²) >= 11 is 0. The zero-order valence-electron chi connectivity index (χ0n) is 12.3. The van der Waals surface area contributed by atoms with Gasteiger partial charge in [0.2, 0.25) is 0 Å². The van der Waals surface area contributed by atoms with Gasteiger partial charge in [-0.05, 0) is 61.4 Å². The highest BCUT2D eigenvalue weighted by Gasteiger charge is 2.06. The van der Waals surface area contributed by atoms with Crippen LogP contribution in [0.3, 0.4) is 0 Å². The van der Waals surface area contributed by atoms with E-state index in [0.717, 1.165) is 5.69 Å². The average Bonchev–Trinajstić information content (AvgIpc) is 2.48. The minimum atomic E-state index is -0.642. The molecule has 4 heteroatoms. The quantitative estimate of drug-likeness (QED) is 0.857. The fourth-order valence-electron chi connectivity index (χ4n) is 1.87. The third-order valence-corrected chi connectivity index (χ3v) is 3.30. The van der Waals surface area contributed by atoms with Crippen LogP contribution in [0.1, 0.15) is 11.1 Å². The molecule has 112 valence electrons. The molecule has 0 saturated heterocycles. The maximum Gasteiger partial charge on any atom is 0.123 e. The third-order valence-electron chi connectivity index (χ3n) is 3.30. The van der Waals surface area contributed by atoms with Crippen LogP contribution in [0.15, 0.2) is 42.5 Å². The first-order valence-corrected chi connectivity index (χ1v) is 6.92. The Balaban J connectivity index is 1.77. The van der Waals surface area contributed by atoms with Gasteiger partial charge in [-0.3, -0.25) is 0 Å². The van der Waals surface area contributed by atoms with E-state index in [0.29, 0.717) is 12.3 Å². The summed E-state index contributed by atoms with van der Waals surface area (Å²) < 4.78 is 18.1. The Labute approximate surface area is 124 Å². The van der Waals surface area contributed by atoms with Gasteiger partial charge in [-0.2, -0.15) is 0 Å². The van der Waals surface area contributed by atoms with Crippen LogP contribution in [0.5, 0.6) is 5.75 Å². The van der Waals surface area contributed by atoms with Crippen LogP contribution >= 0.6 is 0 Å². The van der Waals surface area contributed by atoms with Crippen molar-refractivity contribution in [3.8, 4) is 5.75 Å². The molecule has 0 heterocycles. The van der Waals surface area contributed by atoms with Crippen LogP contribution in [0.4, 0.5) is 10.1 Å². The SMILES string of the molecule is Cc1ccc(NCC(O)COc2ccc(F)cc2)cc1C. The monoisotopic (exact) mass is 289 g/mol. The summed E-state index contributed by atoms with van der Waals surface area (Å²) in [6.45, 7) is 4.66. The Bertz CT molecular complexity index is 584. The van der Waals surface area contributed by atoms with E-state index in [1.807, 2.05) is 18.2 Å². The maximum absolute atomic E-state index is 12.7. The molecule has 0 spiro atoms. The molecule has 2 rings (SSSR count). The molecular formula is C17H20FNO2. The van der Waals surface area contributed by atoms with E-state index < -0.39 is 6.10 Å². The molecule has 0 saturated carbocycles. The van der Waals surface area contributed by atoms with Crippen molar-refractivity contribution in [3.63, 3.8) is 0 Å². The number of nitrogens with one attached hydrogen (secondary N) is 1. The van der Waals surface area contributed by atoms with Crippen LogP contribution in [-0.4, -0.2) is 24.4 Å². The summed E-state index contributed by atoms with van der Waals surface area (Å²) in [6.07, 6.45) is -0.642. The zero-order chi connectivity index (χ0) is 15.2. The van der Waals surface area contributed by atoms with Gasteiger partial charge in [0.25, 0.3) is 0 Å². The summed E-state index contributed by atoms with van der Waals surface area (Å²) in [5.41, 5.74) is 3.41. The van der Waals surface area contributed by atoms with Gasteiger partial charge in [-0.25, -0.2) is 4.39 Å². The summed E-state index contributed by atoms with van der Waals surface area (Å²) in [6, 6.07) is 11.8. The van der Waals surface area contributed by atoms with Crippen molar-refractivity contribution in [1.82, 2.24) is 0 Å². The number of anilines is 1. The number of aliphatic hydroxyl groups excluding tert-OH is 1. The molecule has 0 aromatic heterocycles. The lowest BCUT2D eigenvalue weighted by molar-refractivity contribution is 0.117. The van der Waals surface area contributed by atoms with Crippen LogP contribution in [0.2, 0.25) is 0 Å². The highest BCUT2D eigenvalue weighted by atomic mass is 19.1. The van der Waals surface area contributed by atoms with E-state index in [1.165, 1.54) is 23.3 Å². The second-order valence-corrected chi connectivity index (χ2v) is 5.10. The zero-order valence-corrected chi connectivity index (χ0v) is 12.3. The predicted octanol–water partition coefficient (Wildman–Crippen LogP) is 3.29. The van der Waals surface area contributed by atoms with Crippen molar-refractivity contribution in [1.29, 1.82) is 0 Å². The molecule has 0 fully saturated rings.